The van der Waals surface area contributed by atoms with Gasteiger partial charge in [-0.1, -0.05) is 12.1 Å². The van der Waals surface area contributed by atoms with E-state index in [2.05, 4.69) is 4.98 Å². The highest BCUT2D eigenvalue weighted by Gasteiger charge is 2.18. The molecule has 94 valence electrons. The van der Waals surface area contributed by atoms with Gasteiger partial charge in [-0.3, -0.25) is 0 Å². The number of hydrogen-bond donors (Lipinski definition) is 0. The van der Waals surface area contributed by atoms with Crippen LogP contribution in [-0.2, 0) is 4.74 Å². The van der Waals surface area contributed by atoms with Crippen LogP contribution in [0.15, 0.2) is 35.8 Å². The van der Waals surface area contributed by atoms with Crippen LogP contribution in [-0.4, -0.2) is 18.1 Å². The molecule has 1 aromatic heterocycles. The fourth-order valence-electron chi connectivity index (χ4n) is 1.52. The van der Waals surface area contributed by atoms with Crippen LogP contribution in [0.2, 0.25) is 0 Å². The molecule has 0 aliphatic carbocycles. The molecule has 1 aromatic carbocycles. The van der Waals surface area contributed by atoms with Crippen molar-refractivity contribution >= 4 is 17.3 Å². The van der Waals surface area contributed by atoms with E-state index in [1.54, 1.807) is 37.4 Å². The topological polar surface area (TPSA) is 48.4 Å². The molecule has 2 rings (SSSR count). The first kappa shape index (κ1) is 12.6. The van der Waals surface area contributed by atoms with Crippen LogP contribution in [0.5, 0.6) is 5.75 Å². The summed E-state index contributed by atoms with van der Waals surface area (Å²) in [6.45, 7) is 1.80. The van der Waals surface area contributed by atoms with Gasteiger partial charge in [-0.25, -0.2) is 9.78 Å². The second kappa shape index (κ2) is 5.64. The Labute approximate surface area is 109 Å². The maximum Gasteiger partial charge on any atom is 0.342 e. The van der Waals surface area contributed by atoms with E-state index in [0.717, 1.165) is 5.01 Å². The highest BCUT2D eigenvalue weighted by molar-refractivity contribution is 7.09. The minimum absolute atomic E-state index is 0.359. The number of thiazole rings is 1. The van der Waals surface area contributed by atoms with E-state index in [0.29, 0.717) is 11.3 Å². The van der Waals surface area contributed by atoms with Gasteiger partial charge in [0.25, 0.3) is 0 Å². The van der Waals surface area contributed by atoms with Crippen molar-refractivity contribution < 1.29 is 14.3 Å². The zero-order valence-electron chi connectivity index (χ0n) is 10.1. The Bertz CT molecular complexity index is 525. The standard InChI is InChI=1S/C13H13NO3S/c1-9(12-14-7-8-18-12)17-13(15)10-5-3-4-6-11(10)16-2/h3-9H,1-2H3/t9-/m0/s1. The summed E-state index contributed by atoms with van der Waals surface area (Å²) in [6, 6.07) is 6.98. The van der Waals surface area contributed by atoms with Crippen LogP contribution >= 0.6 is 11.3 Å². The molecule has 0 saturated carbocycles. The first-order chi connectivity index (χ1) is 8.72. The lowest BCUT2D eigenvalue weighted by molar-refractivity contribution is 0.0334. The molecule has 5 heteroatoms. The average molecular weight is 263 g/mol. The molecule has 0 bridgehead atoms. The molecule has 1 heterocycles. The highest BCUT2D eigenvalue weighted by atomic mass is 32.1. The molecule has 0 amide bonds. The van der Waals surface area contributed by atoms with Gasteiger partial charge < -0.3 is 9.47 Å². The largest absolute Gasteiger partial charge is 0.496 e. The van der Waals surface area contributed by atoms with Crippen molar-refractivity contribution in [2.24, 2.45) is 0 Å². The lowest BCUT2D eigenvalue weighted by Crippen LogP contribution is -2.10. The van der Waals surface area contributed by atoms with Crippen LogP contribution in [0.3, 0.4) is 0 Å². The number of hydrogen-bond acceptors (Lipinski definition) is 5. The molecule has 1 atom stereocenters. The number of ether oxygens (including phenoxy) is 2. The Morgan fingerprint density at radius 3 is 2.83 bits per heavy atom. The van der Waals surface area contributed by atoms with Crippen molar-refractivity contribution in [3.63, 3.8) is 0 Å². The number of carbonyl (C=O) groups excluding carboxylic acids is 1. The van der Waals surface area contributed by atoms with E-state index in [1.165, 1.54) is 18.4 Å². The molecule has 4 nitrogen and oxygen atoms in total. The van der Waals surface area contributed by atoms with E-state index < -0.39 is 5.97 Å². The van der Waals surface area contributed by atoms with Gasteiger partial charge in [0.2, 0.25) is 0 Å². The normalized spacial score (nSPS) is 11.9. The van der Waals surface area contributed by atoms with Gasteiger partial charge in [0.1, 0.15) is 16.3 Å². The Hall–Kier alpha value is -1.88. The quantitative estimate of drug-likeness (QED) is 0.795. The fourth-order valence-corrected chi connectivity index (χ4v) is 2.15. The molecule has 0 N–H and O–H groups in total. The molecule has 0 fully saturated rings. The number of carbonyl (C=O) groups is 1. The maximum absolute atomic E-state index is 12.0. The molecular formula is C13H13NO3S. The monoisotopic (exact) mass is 263 g/mol. The van der Waals surface area contributed by atoms with Crippen LogP contribution in [0.4, 0.5) is 0 Å². The maximum atomic E-state index is 12.0. The number of nitrogens with zero attached hydrogens (tertiary/aromatic N) is 1. The van der Waals surface area contributed by atoms with E-state index in [-0.39, 0.29) is 6.10 Å². The van der Waals surface area contributed by atoms with Gasteiger partial charge in [-0.2, -0.15) is 0 Å². The molecule has 0 aliphatic heterocycles. The van der Waals surface area contributed by atoms with E-state index in [1.807, 2.05) is 5.38 Å². The summed E-state index contributed by atoms with van der Waals surface area (Å²) in [7, 11) is 1.52. The third kappa shape index (κ3) is 2.68. The van der Waals surface area contributed by atoms with Crippen LogP contribution in [0, 0.1) is 0 Å². The number of benzene rings is 1. The molecular weight excluding hydrogens is 250 g/mol. The first-order valence-electron chi connectivity index (χ1n) is 5.45. The summed E-state index contributed by atoms with van der Waals surface area (Å²) in [6.07, 6.45) is 1.33. The number of aromatic nitrogens is 1. The second-order valence-electron chi connectivity index (χ2n) is 3.62. The molecule has 0 aliphatic rings. The summed E-state index contributed by atoms with van der Waals surface area (Å²) < 4.78 is 10.5. The van der Waals surface area contributed by atoms with E-state index >= 15 is 0 Å². The average Bonchev–Trinajstić information content (AvgIpc) is 2.92. The lowest BCUT2D eigenvalue weighted by atomic mass is 10.2. The van der Waals surface area contributed by atoms with Crippen LogP contribution in [0.25, 0.3) is 0 Å². The minimum atomic E-state index is -0.407. The van der Waals surface area contributed by atoms with E-state index in [9.17, 15) is 4.79 Å². The highest BCUT2D eigenvalue weighted by Crippen LogP contribution is 2.24. The summed E-state index contributed by atoms with van der Waals surface area (Å²) in [4.78, 5) is 16.1. The molecule has 0 spiro atoms. The number of esters is 1. The third-order valence-corrected chi connectivity index (χ3v) is 3.35. The van der Waals surface area contributed by atoms with Crippen molar-refractivity contribution in [1.29, 1.82) is 0 Å². The summed E-state index contributed by atoms with van der Waals surface area (Å²) in [5.41, 5.74) is 0.420. The zero-order chi connectivity index (χ0) is 13.0. The Balaban J connectivity index is 2.12. The van der Waals surface area contributed by atoms with E-state index in [4.69, 9.17) is 9.47 Å². The Morgan fingerprint density at radius 2 is 2.17 bits per heavy atom. The molecule has 2 aromatic rings. The second-order valence-corrected chi connectivity index (χ2v) is 4.54. The van der Waals surface area contributed by atoms with Gasteiger partial charge in [-0.05, 0) is 19.1 Å². The Morgan fingerprint density at radius 1 is 1.39 bits per heavy atom. The van der Waals surface area contributed by atoms with Crippen molar-refractivity contribution in [2.75, 3.05) is 7.11 Å². The number of methoxy groups -OCH3 is 1. The molecule has 0 saturated heterocycles. The first-order valence-corrected chi connectivity index (χ1v) is 6.33. The van der Waals surface area contributed by atoms with Gasteiger partial charge in [-0.15, -0.1) is 11.3 Å². The molecule has 0 unspecified atom stereocenters. The zero-order valence-corrected chi connectivity index (χ0v) is 10.9. The van der Waals surface area contributed by atoms with Gasteiger partial charge in [0, 0.05) is 11.6 Å². The van der Waals surface area contributed by atoms with Crippen LogP contribution in [0.1, 0.15) is 28.4 Å². The smallest absolute Gasteiger partial charge is 0.342 e. The molecule has 0 radical (unpaired) electrons. The van der Waals surface area contributed by atoms with Gasteiger partial charge in [0.05, 0.1) is 7.11 Å². The van der Waals surface area contributed by atoms with Crippen LogP contribution < -0.4 is 4.74 Å². The van der Waals surface area contributed by atoms with Crippen molar-refractivity contribution in [3.05, 3.63) is 46.4 Å². The van der Waals surface area contributed by atoms with Gasteiger partial charge >= 0.3 is 5.97 Å². The Kier molecular flexibility index (Phi) is 3.94. The number of rotatable bonds is 4. The van der Waals surface area contributed by atoms with Crippen molar-refractivity contribution in [1.82, 2.24) is 4.98 Å². The number of para-hydroxylation sites is 1. The summed E-state index contributed by atoms with van der Waals surface area (Å²) in [5.74, 6) is 0.101. The van der Waals surface area contributed by atoms with Crippen molar-refractivity contribution in [2.45, 2.75) is 13.0 Å². The SMILES string of the molecule is COc1ccccc1C(=O)O[C@@H](C)c1nccs1. The lowest BCUT2D eigenvalue weighted by Gasteiger charge is -2.12. The minimum Gasteiger partial charge on any atom is -0.496 e. The van der Waals surface area contributed by atoms with Crippen molar-refractivity contribution in [3.8, 4) is 5.75 Å². The summed E-state index contributed by atoms with van der Waals surface area (Å²) >= 11 is 1.46. The predicted molar refractivity (Wildman–Crippen MR) is 68.9 cm³/mol. The third-order valence-electron chi connectivity index (χ3n) is 2.41. The fraction of sp³-hybridized carbons (Fsp3) is 0.231. The van der Waals surface area contributed by atoms with Gasteiger partial charge in [0.15, 0.2) is 6.10 Å². The molecule has 18 heavy (non-hydrogen) atoms. The summed E-state index contributed by atoms with van der Waals surface area (Å²) in [5, 5.41) is 2.63. The predicted octanol–water partition coefficient (Wildman–Crippen LogP) is 3.07.